The van der Waals surface area contributed by atoms with Gasteiger partial charge in [0.25, 0.3) is 17.1 Å². The fourth-order valence-corrected chi connectivity index (χ4v) is 4.05. The molecule has 0 spiro atoms. The van der Waals surface area contributed by atoms with Crippen molar-refractivity contribution in [3.05, 3.63) is 45.9 Å². The van der Waals surface area contributed by atoms with Gasteiger partial charge >= 0.3 is 0 Å². The number of pyridine rings is 2. The smallest absolute Gasteiger partial charge is 0.278 e. The van der Waals surface area contributed by atoms with Crippen LogP contribution < -0.4 is 26.1 Å². The Morgan fingerprint density at radius 3 is 2.87 bits per heavy atom. The van der Waals surface area contributed by atoms with Crippen LogP contribution in [0.1, 0.15) is 29.3 Å². The Morgan fingerprint density at radius 1 is 1.35 bits per heavy atom. The van der Waals surface area contributed by atoms with Gasteiger partial charge in [0.15, 0.2) is 0 Å². The van der Waals surface area contributed by atoms with Crippen LogP contribution in [-0.4, -0.2) is 54.7 Å². The molecule has 9 heteroatoms. The number of nitrogens with two attached hydrogens (primary N) is 1. The van der Waals surface area contributed by atoms with Crippen LogP contribution in [0.3, 0.4) is 0 Å². The number of rotatable bonds is 6. The van der Waals surface area contributed by atoms with E-state index in [0.717, 1.165) is 44.8 Å². The second-order valence-corrected chi connectivity index (χ2v) is 8.05. The molecule has 0 atom stereocenters. The minimum absolute atomic E-state index is 0.208. The fraction of sp³-hybridized carbons (Fsp3) is 0.455. The highest BCUT2D eigenvalue weighted by Gasteiger charge is 2.24. The number of hydrogen-bond acceptors (Lipinski definition) is 5. The van der Waals surface area contributed by atoms with E-state index in [-0.39, 0.29) is 11.5 Å². The van der Waals surface area contributed by atoms with Gasteiger partial charge in [-0.1, -0.05) is 18.0 Å². The van der Waals surface area contributed by atoms with Crippen molar-refractivity contribution in [3.63, 3.8) is 0 Å². The van der Waals surface area contributed by atoms with E-state index in [2.05, 4.69) is 10.3 Å². The maximum absolute atomic E-state index is 13.2. The number of nitrogens with zero attached hydrogens (tertiary/aromatic N) is 3. The molecule has 3 aromatic heterocycles. The monoisotopic (exact) mass is 426 g/mol. The van der Waals surface area contributed by atoms with Crippen LogP contribution in [0.2, 0.25) is 0 Å². The van der Waals surface area contributed by atoms with Crippen LogP contribution in [0.4, 0.5) is 5.82 Å². The van der Waals surface area contributed by atoms with E-state index in [0.29, 0.717) is 41.2 Å². The van der Waals surface area contributed by atoms with Crippen molar-refractivity contribution in [2.75, 3.05) is 45.1 Å². The molecule has 31 heavy (non-hydrogen) atoms. The Labute approximate surface area is 180 Å². The van der Waals surface area contributed by atoms with Crippen LogP contribution in [0.25, 0.3) is 16.7 Å². The molecule has 4 N–H and O–H groups in total. The molecule has 0 radical (unpaired) electrons. The van der Waals surface area contributed by atoms with E-state index in [1.165, 1.54) is 9.30 Å². The van der Waals surface area contributed by atoms with Crippen molar-refractivity contribution in [2.45, 2.75) is 26.8 Å². The maximum Gasteiger partial charge on any atom is 0.278 e. The van der Waals surface area contributed by atoms with Gasteiger partial charge < -0.3 is 20.7 Å². The molecule has 3 aromatic rings. The summed E-state index contributed by atoms with van der Waals surface area (Å²) in [6.45, 7) is 9.26. The van der Waals surface area contributed by atoms with Crippen molar-refractivity contribution in [1.82, 2.24) is 14.7 Å². The normalized spacial score (nSPS) is 14.9. The maximum atomic E-state index is 13.2. The zero-order chi connectivity index (χ0) is 22.0. The number of morpholine rings is 1. The Hall–Kier alpha value is -3.04. The van der Waals surface area contributed by atoms with Gasteiger partial charge in [0.2, 0.25) is 11.5 Å². The number of aryl methyl sites for hydroxylation is 2. The third-order valence-corrected chi connectivity index (χ3v) is 5.75. The van der Waals surface area contributed by atoms with Gasteiger partial charge in [-0.15, -0.1) is 0 Å². The Balaban J connectivity index is 1.71. The van der Waals surface area contributed by atoms with Gasteiger partial charge in [-0.2, -0.15) is 0 Å². The van der Waals surface area contributed by atoms with Gasteiger partial charge in [-0.05, 0) is 31.0 Å². The number of quaternary nitrogens is 1. The van der Waals surface area contributed by atoms with Crippen molar-refractivity contribution < 1.29 is 19.0 Å². The molecule has 4 rings (SSSR count). The van der Waals surface area contributed by atoms with E-state index >= 15 is 0 Å². The standard InChI is InChI=1S/C22H28N6O3/c1-3-7-27-19(23)16(21(29)24-6-8-26-9-11-31-12-10-26)13-17-20(27)25-18-5-4-15(2)14-28(18)22(17)30/h4-5,13-14,23H,3,6-12H2,1-2H3,(H,24,29)/p+2. The molecule has 0 saturated carbocycles. The molecule has 1 fully saturated rings. The predicted molar refractivity (Wildman–Crippen MR) is 117 cm³/mol. The number of fused-ring (bicyclic) bond motifs is 2. The van der Waals surface area contributed by atoms with Gasteiger partial charge in [-0.3, -0.25) is 14.0 Å². The highest BCUT2D eigenvalue weighted by atomic mass is 16.5. The van der Waals surface area contributed by atoms with Crippen LogP contribution in [-0.2, 0) is 11.3 Å². The molecule has 0 aliphatic carbocycles. The van der Waals surface area contributed by atoms with E-state index in [4.69, 9.17) is 10.5 Å². The number of hydrogen-bond donors (Lipinski definition) is 3. The number of ether oxygens (including phenoxy) is 1. The zero-order valence-electron chi connectivity index (χ0n) is 18.1. The summed E-state index contributed by atoms with van der Waals surface area (Å²) in [6.07, 6.45) is 2.56. The second-order valence-electron chi connectivity index (χ2n) is 8.05. The lowest BCUT2D eigenvalue weighted by Gasteiger charge is -2.23. The van der Waals surface area contributed by atoms with E-state index < -0.39 is 0 Å². The summed E-state index contributed by atoms with van der Waals surface area (Å²) in [4.78, 5) is 32.3. The fourth-order valence-electron chi connectivity index (χ4n) is 4.05. The summed E-state index contributed by atoms with van der Waals surface area (Å²) < 4.78 is 8.67. The molecule has 164 valence electrons. The van der Waals surface area contributed by atoms with Crippen LogP contribution >= 0.6 is 0 Å². The lowest BCUT2D eigenvalue weighted by atomic mass is 10.1. The number of amides is 1. The molecule has 1 amide bonds. The number of carbonyl (C=O) groups excluding carboxylic acids is 1. The summed E-state index contributed by atoms with van der Waals surface area (Å²) in [5.41, 5.74) is 8.51. The van der Waals surface area contributed by atoms with Crippen LogP contribution in [0, 0.1) is 6.92 Å². The van der Waals surface area contributed by atoms with Gasteiger partial charge in [0.1, 0.15) is 24.0 Å². The zero-order valence-corrected chi connectivity index (χ0v) is 18.1. The lowest BCUT2D eigenvalue weighted by molar-refractivity contribution is -0.906. The quantitative estimate of drug-likeness (QED) is 0.349. The predicted octanol–water partition coefficient (Wildman–Crippen LogP) is -0.919. The minimum Gasteiger partial charge on any atom is -0.370 e. The number of carbonyl (C=O) groups is 1. The summed E-state index contributed by atoms with van der Waals surface area (Å²) >= 11 is 0. The highest BCUT2D eigenvalue weighted by molar-refractivity contribution is 6.00. The number of anilines is 1. The first-order valence-electron chi connectivity index (χ1n) is 10.8. The van der Waals surface area contributed by atoms with Crippen LogP contribution in [0.5, 0.6) is 0 Å². The molecule has 9 nitrogen and oxygen atoms in total. The second kappa shape index (κ2) is 8.99. The topological polar surface area (TPSA) is 107 Å². The van der Waals surface area contributed by atoms with Crippen LogP contribution in [0.15, 0.2) is 29.2 Å². The SMILES string of the molecule is CCC[n+]1c(N)c(C(=O)NCC[NH+]2CCOCC2)cc2c(=O)n3cc(C)ccc3nc21. The molecule has 1 aliphatic heterocycles. The minimum atomic E-state index is -0.273. The summed E-state index contributed by atoms with van der Waals surface area (Å²) in [7, 11) is 0. The van der Waals surface area contributed by atoms with Crippen molar-refractivity contribution in [1.29, 1.82) is 0 Å². The molecule has 0 bridgehead atoms. The van der Waals surface area contributed by atoms with E-state index in [1.807, 2.05) is 26.0 Å². The third kappa shape index (κ3) is 4.24. The highest BCUT2D eigenvalue weighted by Crippen LogP contribution is 2.15. The average Bonchev–Trinajstić information content (AvgIpc) is 2.77. The average molecular weight is 427 g/mol. The lowest BCUT2D eigenvalue weighted by Crippen LogP contribution is -3.14. The number of nitrogen functional groups attached to an aromatic ring is 1. The van der Waals surface area contributed by atoms with Crippen molar-refractivity contribution >= 4 is 28.4 Å². The molecule has 4 heterocycles. The summed E-state index contributed by atoms with van der Waals surface area (Å²) in [6, 6.07) is 5.31. The third-order valence-electron chi connectivity index (χ3n) is 5.75. The molecular formula is C22H30N6O3+2. The Kier molecular flexibility index (Phi) is 6.15. The molecule has 1 aliphatic rings. The molecular weight excluding hydrogens is 396 g/mol. The van der Waals surface area contributed by atoms with Gasteiger partial charge in [0.05, 0.1) is 32.8 Å². The number of aromatic nitrogens is 3. The molecule has 1 saturated heterocycles. The first kappa shape index (κ1) is 21.2. The first-order valence-corrected chi connectivity index (χ1v) is 10.8. The Bertz CT molecular complexity index is 1180. The number of nitrogens with one attached hydrogen (secondary N) is 2. The molecule has 0 unspecified atom stereocenters. The van der Waals surface area contributed by atoms with Crippen molar-refractivity contribution in [2.24, 2.45) is 0 Å². The van der Waals surface area contributed by atoms with E-state index in [1.54, 1.807) is 16.8 Å². The Morgan fingerprint density at radius 2 is 2.13 bits per heavy atom. The molecule has 0 aromatic carbocycles. The van der Waals surface area contributed by atoms with E-state index in [9.17, 15) is 9.59 Å². The van der Waals surface area contributed by atoms with Gasteiger partial charge in [0, 0.05) is 6.20 Å². The van der Waals surface area contributed by atoms with Crippen molar-refractivity contribution in [3.8, 4) is 0 Å². The largest absolute Gasteiger partial charge is 0.370 e. The summed E-state index contributed by atoms with van der Waals surface area (Å²) in [5.74, 6) is 0.0552. The first-order chi connectivity index (χ1) is 15.0. The summed E-state index contributed by atoms with van der Waals surface area (Å²) in [5, 5.41) is 3.35. The van der Waals surface area contributed by atoms with Gasteiger partial charge in [-0.25, -0.2) is 4.57 Å².